The van der Waals surface area contributed by atoms with Crippen molar-refractivity contribution in [2.75, 3.05) is 13.1 Å². The molecule has 0 aromatic carbocycles. The Hall–Kier alpha value is -1.01. The van der Waals surface area contributed by atoms with Gasteiger partial charge in [-0.15, -0.1) is 0 Å². The average Bonchev–Trinajstić information content (AvgIpc) is 2.64. The molecular weight excluding hydrogens is 267 g/mol. The third-order valence-corrected chi connectivity index (χ3v) is 5.53. The molecule has 1 aromatic rings. The number of hydrogen-bond acceptors (Lipinski definition) is 3. The molecule has 0 bridgehead atoms. The summed E-state index contributed by atoms with van der Waals surface area (Å²) in [6.07, 6.45) is 5.07. The van der Waals surface area contributed by atoms with E-state index in [1.165, 1.54) is 16.6 Å². The van der Waals surface area contributed by atoms with Crippen molar-refractivity contribution in [3.63, 3.8) is 0 Å². The lowest BCUT2D eigenvalue weighted by Gasteiger charge is -2.19. The molecular formula is C13H19FN2O2S. The fraction of sp³-hybridized carbons (Fsp3) is 0.615. The topological polar surface area (TPSA) is 50.3 Å². The van der Waals surface area contributed by atoms with Crippen molar-refractivity contribution >= 4 is 10.0 Å². The molecule has 2 rings (SSSR count). The lowest BCUT2D eigenvalue weighted by molar-refractivity contribution is 0.402. The highest BCUT2D eigenvalue weighted by atomic mass is 32.2. The summed E-state index contributed by atoms with van der Waals surface area (Å²) < 4.78 is 39.7. The summed E-state index contributed by atoms with van der Waals surface area (Å²) in [7, 11) is -3.80. The van der Waals surface area contributed by atoms with Gasteiger partial charge in [-0.2, -0.15) is 4.31 Å². The first kappa shape index (κ1) is 14.4. The molecule has 1 unspecified atom stereocenters. The molecule has 19 heavy (non-hydrogen) atoms. The zero-order valence-corrected chi connectivity index (χ0v) is 11.9. The summed E-state index contributed by atoms with van der Waals surface area (Å²) >= 11 is 0. The van der Waals surface area contributed by atoms with E-state index >= 15 is 0 Å². The maximum Gasteiger partial charge on any atom is 0.263 e. The van der Waals surface area contributed by atoms with Gasteiger partial charge in [-0.05, 0) is 37.3 Å². The molecule has 1 aliphatic rings. The molecule has 4 nitrogen and oxygen atoms in total. The first-order valence-electron chi connectivity index (χ1n) is 6.66. The van der Waals surface area contributed by atoms with Crippen LogP contribution in [0.3, 0.4) is 0 Å². The molecule has 0 spiro atoms. The highest BCUT2D eigenvalue weighted by molar-refractivity contribution is 7.89. The Morgan fingerprint density at radius 1 is 1.42 bits per heavy atom. The van der Waals surface area contributed by atoms with Crippen LogP contribution in [0.1, 0.15) is 32.6 Å². The van der Waals surface area contributed by atoms with Crippen LogP contribution in [0, 0.1) is 11.7 Å². The standard InChI is InChI=1S/C13H19FN2O2S/c1-2-11-5-4-9-16(10-7-11)19(17,18)13-12(14)6-3-8-15-13/h3,6,8,11H,2,4-5,7,9-10H2,1H3. The van der Waals surface area contributed by atoms with E-state index in [4.69, 9.17) is 0 Å². The number of hydrogen-bond donors (Lipinski definition) is 0. The SMILES string of the molecule is CCC1CCCN(S(=O)(=O)c2ncccc2F)CC1. The predicted octanol–water partition coefficient (Wildman–Crippen LogP) is 2.42. The monoisotopic (exact) mass is 286 g/mol. The van der Waals surface area contributed by atoms with E-state index in [0.29, 0.717) is 19.0 Å². The van der Waals surface area contributed by atoms with Gasteiger partial charge in [0.2, 0.25) is 5.03 Å². The summed E-state index contributed by atoms with van der Waals surface area (Å²) in [6, 6.07) is 2.52. The van der Waals surface area contributed by atoms with Crippen molar-refractivity contribution in [2.24, 2.45) is 5.92 Å². The van der Waals surface area contributed by atoms with Crippen LogP contribution in [0.5, 0.6) is 0 Å². The number of aromatic nitrogens is 1. The summed E-state index contributed by atoms with van der Waals surface area (Å²) in [6.45, 7) is 3.03. The van der Waals surface area contributed by atoms with E-state index in [-0.39, 0.29) is 0 Å². The number of sulfonamides is 1. The third-order valence-electron chi connectivity index (χ3n) is 3.69. The van der Waals surface area contributed by atoms with Gasteiger partial charge in [0.05, 0.1) is 0 Å². The van der Waals surface area contributed by atoms with Crippen molar-refractivity contribution in [3.05, 3.63) is 24.1 Å². The van der Waals surface area contributed by atoms with Gasteiger partial charge in [0.15, 0.2) is 5.82 Å². The van der Waals surface area contributed by atoms with Gasteiger partial charge >= 0.3 is 0 Å². The highest BCUT2D eigenvalue weighted by Crippen LogP contribution is 2.24. The first-order chi connectivity index (χ1) is 9.05. The second-order valence-electron chi connectivity index (χ2n) is 4.90. The molecule has 0 N–H and O–H groups in total. The van der Waals surface area contributed by atoms with Gasteiger partial charge in [0.1, 0.15) is 0 Å². The molecule has 0 radical (unpaired) electrons. The number of halogens is 1. The van der Waals surface area contributed by atoms with Crippen LogP contribution in [0.25, 0.3) is 0 Å². The van der Waals surface area contributed by atoms with Gasteiger partial charge in [-0.3, -0.25) is 0 Å². The minimum atomic E-state index is -3.80. The van der Waals surface area contributed by atoms with Crippen LogP contribution in [0.4, 0.5) is 4.39 Å². The van der Waals surface area contributed by atoms with Crippen LogP contribution in [0.2, 0.25) is 0 Å². The quantitative estimate of drug-likeness (QED) is 0.857. The molecule has 1 aromatic heterocycles. The Balaban J connectivity index is 2.23. The fourth-order valence-electron chi connectivity index (χ4n) is 2.47. The molecule has 1 saturated heterocycles. The van der Waals surface area contributed by atoms with Crippen molar-refractivity contribution in [1.29, 1.82) is 0 Å². The molecule has 1 aliphatic heterocycles. The molecule has 0 amide bonds. The minimum Gasteiger partial charge on any atom is -0.241 e. The van der Waals surface area contributed by atoms with E-state index in [1.807, 2.05) is 0 Å². The minimum absolute atomic E-state index is 0.453. The molecule has 2 heterocycles. The Bertz CT molecular complexity index is 533. The van der Waals surface area contributed by atoms with E-state index in [9.17, 15) is 12.8 Å². The Kier molecular flexibility index (Phi) is 4.52. The maximum absolute atomic E-state index is 13.6. The second-order valence-corrected chi connectivity index (χ2v) is 6.75. The number of nitrogens with zero attached hydrogens (tertiary/aromatic N) is 2. The van der Waals surface area contributed by atoms with Gasteiger partial charge in [-0.25, -0.2) is 17.8 Å². The summed E-state index contributed by atoms with van der Waals surface area (Å²) in [4.78, 5) is 3.69. The summed E-state index contributed by atoms with van der Waals surface area (Å²) in [5.74, 6) is -0.215. The number of pyridine rings is 1. The molecule has 0 saturated carbocycles. The third kappa shape index (κ3) is 3.12. The van der Waals surface area contributed by atoms with Gasteiger partial charge < -0.3 is 0 Å². The first-order valence-corrected chi connectivity index (χ1v) is 8.10. The average molecular weight is 286 g/mol. The van der Waals surface area contributed by atoms with Crippen LogP contribution >= 0.6 is 0 Å². The summed E-state index contributed by atoms with van der Waals surface area (Å²) in [5.41, 5.74) is 0. The lowest BCUT2D eigenvalue weighted by atomic mass is 9.98. The zero-order chi connectivity index (χ0) is 13.9. The fourth-order valence-corrected chi connectivity index (χ4v) is 3.94. The van der Waals surface area contributed by atoms with Crippen LogP contribution in [0.15, 0.2) is 23.4 Å². The van der Waals surface area contributed by atoms with Crippen LogP contribution < -0.4 is 0 Å². The summed E-state index contributed by atoms with van der Waals surface area (Å²) in [5, 5.41) is -0.454. The van der Waals surface area contributed by atoms with E-state index in [1.54, 1.807) is 0 Å². The molecule has 6 heteroatoms. The van der Waals surface area contributed by atoms with Crippen molar-refractivity contribution in [3.8, 4) is 0 Å². The van der Waals surface area contributed by atoms with Crippen LogP contribution in [-0.2, 0) is 10.0 Å². The van der Waals surface area contributed by atoms with Crippen LogP contribution in [-0.4, -0.2) is 30.8 Å². The normalized spacial score (nSPS) is 22.1. The second kappa shape index (κ2) is 5.96. The Morgan fingerprint density at radius 3 is 2.89 bits per heavy atom. The molecule has 1 fully saturated rings. The molecule has 0 aliphatic carbocycles. The van der Waals surface area contributed by atoms with Gasteiger partial charge in [0.25, 0.3) is 10.0 Å². The maximum atomic E-state index is 13.6. The lowest BCUT2D eigenvalue weighted by Crippen LogP contribution is -2.33. The molecule has 1 atom stereocenters. The Morgan fingerprint density at radius 2 is 2.21 bits per heavy atom. The van der Waals surface area contributed by atoms with Gasteiger partial charge in [0, 0.05) is 19.3 Å². The highest BCUT2D eigenvalue weighted by Gasteiger charge is 2.30. The number of rotatable bonds is 3. The largest absolute Gasteiger partial charge is 0.263 e. The predicted molar refractivity (Wildman–Crippen MR) is 70.6 cm³/mol. The van der Waals surface area contributed by atoms with Crippen molar-refractivity contribution in [2.45, 2.75) is 37.6 Å². The Labute approximate surface area is 113 Å². The van der Waals surface area contributed by atoms with Crippen molar-refractivity contribution in [1.82, 2.24) is 9.29 Å². The van der Waals surface area contributed by atoms with E-state index < -0.39 is 20.9 Å². The molecule has 106 valence electrons. The van der Waals surface area contributed by atoms with Gasteiger partial charge in [-0.1, -0.05) is 13.3 Å². The zero-order valence-electron chi connectivity index (χ0n) is 11.0. The van der Waals surface area contributed by atoms with Crippen molar-refractivity contribution < 1.29 is 12.8 Å². The smallest absolute Gasteiger partial charge is 0.241 e. The van der Waals surface area contributed by atoms with E-state index in [0.717, 1.165) is 31.7 Å². The van der Waals surface area contributed by atoms with E-state index in [2.05, 4.69) is 11.9 Å².